The van der Waals surface area contributed by atoms with Gasteiger partial charge in [0.15, 0.2) is 0 Å². The van der Waals surface area contributed by atoms with E-state index in [9.17, 15) is 4.79 Å². The number of aromatic nitrogens is 1. The van der Waals surface area contributed by atoms with Gasteiger partial charge in [-0.2, -0.15) is 0 Å². The number of oxime groups is 1. The maximum absolute atomic E-state index is 10.2. The first-order valence-corrected chi connectivity index (χ1v) is 5.10. The van der Waals surface area contributed by atoms with Gasteiger partial charge in [-0.15, -0.1) is 0 Å². The maximum atomic E-state index is 10.2. The average Bonchev–Trinajstić information content (AvgIpc) is 2.48. The van der Waals surface area contributed by atoms with Crippen molar-refractivity contribution in [1.29, 1.82) is 0 Å². The van der Waals surface area contributed by atoms with Gasteiger partial charge in [-0.25, -0.2) is 4.79 Å². The van der Waals surface area contributed by atoms with Gasteiger partial charge >= 0.3 is 5.97 Å². The van der Waals surface area contributed by atoms with Crippen LogP contribution in [-0.2, 0) is 16.2 Å². The molecule has 0 aliphatic carbocycles. The molecule has 1 aromatic heterocycles. The third kappa shape index (κ3) is 2.85. The first-order valence-electron chi connectivity index (χ1n) is 5.10. The highest BCUT2D eigenvalue weighted by Gasteiger charge is 2.05. The number of aryl methyl sites for hydroxylation is 1. The van der Waals surface area contributed by atoms with E-state index in [0.29, 0.717) is 0 Å². The Labute approximate surface area is 94.3 Å². The second kappa shape index (κ2) is 5.34. The fourth-order valence-corrected chi connectivity index (χ4v) is 1.63. The summed E-state index contributed by atoms with van der Waals surface area (Å²) in [6.45, 7) is 6.58. The second-order valence-electron chi connectivity index (χ2n) is 3.47. The highest BCUT2D eigenvalue weighted by Crippen LogP contribution is 2.12. The molecule has 5 heteroatoms. The van der Waals surface area contributed by atoms with Crippen LogP contribution in [0.1, 0.15) is 23.9 Å². The number of carboxylic acids is 1. The van der Waals surface area contributed by atoms with E-state index >= 15 is 0 Å². The van der Waals surface area contributed by atoms with Crippen LogP contribution in [0.2, 0.25) is 0 Å². The Hall–Kier alpha value is -1.78. The Morgan fingerprint density at radius 1 is 1.62 bits per heavy atom. The molecule has 0 radical (unpaired) electrons. The van der Waals surface area contributed by atoms with Crippen LogP contribution in [0, 0.1) is 13.8 Å². The number of rotatable bonds is 5. The van der Waals surface area contributed by atoms with Gasteiger partial charge in [0.25, 0.3) is 0 Å². The Balaban J connectivity index is 2.70. The highest BCUT2D eigenvalue weighted by molar-refractivity contribution is 5.81. The molecule has 0 aromatic carbocycles. The smallest absolute Gasteiger partial charge is 0.344 e. The number of carbonyl (C=O) groups is 1. The molecule has 1 aromatic rings. The molecule has 0 unspecified atom stereocenters. The van der Waals surface area contributed by atoms with Gasteiger partial charge in [0.05, 0.1) is 6.21 Å². The van der Waals surface area contributed by atoms with Crippen LogP contribution >= 0.6 is 0 Å². The van der Waals surface area contributed by atoms with Gasteiger partial charge in [-0.05, 0) is 26.8 Å². The Morgan fingerprint density at radius 2 is 2.31 bits per heavy atom. The summed E-state index contributed by atoms with van der Waals surface area (Å²) in [6.07, 6.45) is 1.54. The van der Waals surface area contributed by atoms with Gasteiger partial charge < -0.3 is 14.5 Å². The standard InChI is InChI=1S/C11H16N2O3/c1-4-13-8(2)5-10(9(13)3)6-12-16-7-11(14)15/h5-6H,4,7H2,1-3H3,(H,14,15)/b12-6+. The van der Waals surface area contributed by atoms with Gasteiger partial charge in [-0.3, -0.25) is 0 Å². The summed E-state index contributed by atoms with van der Waals surface area (Å²) in [4.78, 5) is 14.8. The molecular formula is C11H16N2O3. The molecule has 0 atom stereocenters. The van der Waals surface area contributed by atoms with Crippen molar-refractivity contribution in [3.63, 3.8) is 0 Å². The van der Waals surface area contributed by atoms with Crippen LogP contribution in [0.25, 0.3) is 0 Å². The molecule has 1 heterocycles. The topological polar surface area (TPSA) is 63.8 Å². The van der Waals surface area contributed by atoms with Gasteiger partial charge in [0.1, 0.15) is 0 Å². The lowest BCUT2D eigenvalue weighted by Gasteiger charge is -2.04. The summed E-state index contributed by atoms with van der Waals surface area (Å²) in [5.41, 5.74) is 3.20. The van der Waals surface area contributed by atoms with Crippen molar-refractivity contribution in [1.82, 2.24) is 4.57 Å². The predicted octanol–water partition coefficient (Wildman–Crippen LogP) is 1.56. The van der Waals surface area contributed by atoms with E-state index in [-0.39, 0.29) is 0 Å². The average molecular weight is 224 g/mol. The monoisotopic (exact) mass is 224 g/mol. The lowest BCUT2D eigenvalue weighted by Crippen LogP contribution is -2.03. The van der Waals surface area contributed by atoms with Crippen molar-refractivity contribution in [2.24, 2.45) is 5.16 Å². The molecule has 0 aliphatic rings. The number of carboxylic acid groups (broad SMARTS) is 1. The van der Waals surface area contributed by atoms with Crippen LogP contribution < -0.4 is 0 Å². The zero-order valence-corrected chi connectivity index (χ0v) is 9.73. The third-order valence-electron chi connectivity index (χ3n) is 2.38. The van der Waals surface area contributed by atoms with Crippen LogP contribution in [0.15, 0.2) is 11.2 Å². The summed E-state index contributed by atoms with van der Waals surface area (Å²) < 4.78 is 2.15. The zero-order valence-electron chi connectivity index (χ0n) is 9.73. The number of aliphatic carboxylic acids is 1. The summed E-state index contributed by atoms with van der Waals surface area (Å²) in [6, 6.07) is 1.99. The van der Waals surface area contributed by atoms with Crippen LogP contribution in [0.4, 0.5) is 0 Å². The zero-order chi connectivity index (χ0) is 12.1. The molecule has 88 valence electrons. The molecule has 5 nitrogen and oxygen atoms in total. The lowest BCUT2D eigenvalue weighted by molar-refractivity contribution is -0.142. The van der Waals surface area contributed by atoms with E-state index in [4.69, 9.17) is 5.11 Å². The number of nitrogens with zero attached hydrogens (tertiary/aromatic N) is 2. The van der Waals surface area contributed by atoms with Crippen molar-refractivity contribution in [3.8, 4) is 0 Å². The van der Waals surface area contributed by atoms with Crippen molar-refractivity contribution in [2.75, 3.05) is 6.61 Å². The van der Waals surface area contributed by atoms with E-state index in [1.165, 1.54) is 6.21 Å². The summed E-state index contributed by atoms with van der Waals surface area (Å²) in [5, 5.41) is 12.0. The first-order chi connectivity index (χ1) is 7.56. The van der Waals surface area contributed by atoms with E-state index < -0.39 is 12.6 Å². The van der Waals surface area contributed by atoms with Crippen LogP contribution in [-0.4, -0.2) is 28.5 Å². The minimum absolute atomic E-state index is 0.414. The minimum atomic E-state index is -1.03. The normalized spacial score (nSPS) is 10.9. The number of hydrogen-bond donors (Lipinski definition) is 1. The molecular weight excluding hydrogens is 208 g/mol. The van der Waals surface area contributed by atoms with Gasteiger partial charge in [0, 0.05) is 23.5 Å². The van der Waals surface area contributed by atoms with Crippen molar-refractivity contribution in [3.05, 3.63) is 23.0 Å². The minimum Gasteiger partial charge on any atom is -0.479 e. The molecule has 1 rings (SSSR count). The van der Waals surface area contributed by atoms with Gasteiger partial charge in [0.2, 0.25) is 6.61 Å². The summed E-state index contributed by atoms with van der Waals surface area (Å²) >= 11 is 0. The summed E-state index contributed by atoms with van der Waals surface area (Å²) in [5.74, 6) is -1.03. The maximum Gasteiger partial charge on any atom is 0.344 e. The molecule has 1 N–H and O–H groups in total. The molecule has 16 heavy (non-hydrogen) atoms. The highest BCUT2D eigenvalue weighted by atomic mass is 16.6. The Kier molecular flexibility index (Phi) is 4.10. The van der Waals surface area contributed by atoms with E-state index in [1.807, 2.05) is 19.9 Å². The largest absolute Gasteiger partial charge is 0.479 e. The van der Waals surface area contributed by atoms with Crippen molar-refractivity contribution >= 4 is 12.2 Å². The van der Waals surface area contributed by atoms with E-state index in [2.05, 4.69) is 21.5 Å². The fraction of sp³-hybridized carbons (Fsp3) is 0.455. The van der Waals surface area contributed by atoms with Crippen LogP contribution in [0.5, 0.6) is 0 Å². The SMILES string of the molecule is CCn1c(C)cc(/C=N/OCC(=O)O)c1C. The van der Waals surface area contributed by atoms with Crippen molar-refractivity contribution in [2.45, 2.75) is 27.3 Å². The van der Waals surface area contributed by atoms with E-state index in [0.717, 1.165) is 23.5 Å². The molecule has 0 saturated heterocycles. The van der Waals surface area contributed by atoms with Crippen LogP contribution in [0.3, 0.4) is 0 Å². The Morgan fingerprint density at radius 3 is 2.81 bits per heavy atom. The second-order valence-corrected chi connectivity index (χ2v) is 3.47. The predicted molar refractivity (Wildman–Crippen MR) is 60.8 cm³/mol. The molecule has 0 aliphatic heterocycles. The molecule has 0 bridgehead atoms. The third-order valence-corrected chi connectivity index (χ3v) is 2.38. The molecule has 0 saturated carbocycles. The lowest BCUT2D eigenvalue weighted by atomic mass is 10.3. The molecule has 0 spiro atoms. The van der Waals surface area contributed by atoms with Gasteiger partial charge in [-0.1, -0.05) is 5.16 Å². The molecule has 0 fully saturated rings. The molecule has 0 amide bonds. The number of hydrogen-bond acceptors (Lipinski definition) is 3. The first kappa shape index (κ1) is 12.3. The van der Waals surface area contributed by atoms with E-state index in [1.54, 1.807) is 0 Å². The van der Waals surface area contributed by atoms with Crippen molar-refractivity contribution < 1.29 is 14.7 Å². The Bertz CT molecular complexity index is 408. The fourth-order valence-electron chi connectivity index (χ4n) is 1.63. The summed E-state index contributed by atoms with van der Waals surface area (Å²) in [7, 11) is 0. The quantitative estimate of drug-likeness (QED) is 0.609.